The highest BCUT2D eigenvalue weighted by atomic mass is 35.6. The number of hydrogen-bond acceptors (Lipinski definition) is 3. The summed E-state index contributed by atoms with van der Waals surface area (Å²) in [5, 5.41) is 0. The molecule has 14 heavy (non-hydrogen) atoms. The summed E-state index contributed by atoms with van der Waals surface area (Å²) in [6, 6.07) is 0. The van der Waals surface area contributed by atoms with Gasteiger partial charge in [0.1, 0.15) is 5.78 Å². The molecule has 3 nitrogen and oxygen atoms in total. The Hall–Kier alpha value is 0.460. The molecule has 0 aromatic rings. The molecule has 0 amide bonds. The molecule has 82 valence electrons. The first kappa shape index (κ1) is 12.5. The first-order valence-electron chi connectivity index (χ1n) is 4.11. The Labute approximate surface area is 97.8 Å². The number of halogens is 3. The third kappa shape index (κ3) is 2.17. The molecule has 0 saturated carbocycles. The van der Waals surface area contributed by atoms with Gasteiger partial charge >= 0.3 is 0 Å². The molecule has 6 heteroatoms. The summed E-state index contributed by atoms with van der Waals surface area (Å²) in [7, 11) is 0. The van der Waals surface area contributed by atoms with Crippen molar-refractivity contribution in [2.45, 2.75) is 29.8 Å². The molecule has 1 heterocycles. The van der Waals surface area contributed by atoms with Crippen molar-refractivity contribution in [2.24, 2.45) is 11.1 Å². The van der Waals surface area contributed by atoms with E-state index in [0.717, 1.165) is 0 Å². The lowest BCUT2D eigenvalue weighted by Crippen LogP contribution is -2.61. The zero-order chi connectivity index (χ0) is 11.2. The van der Waals surface area contributed by atoms with E-state index < -0.39 is 14.9 Å². The molecule has 0 aromatic carbocycles. The second-order valence-electron chi connectivity index (χ2n) is 4.16. The van der Waals surface area contributed by atoms with Crippen LogP contribution in [0.3, 0.4) is 0 Å². The normalized spacial score (nSPS) is 33.1. The highest BCUT2D eigenvalue weighted by Crippen LogP contribution is 2.44. The van der Waals surface area contributed by atoms with Crippen molar-refractivity contribution in [1.29, 1.82) is 0 Å². The number of ether oxygens (including phenoxy) is 1. The van der Waals surface area contributed by atoms with E-state index >= 15 is 0 Å². The average Bonchev–Trinajstić information content (AvgIpc) is 1.96. The maximum Gasteiger partial charge on any atom is 0.232 e. The van der Waals surface area contributed by atoms with Crippen LogP contribution in [-0.2, 0) is 9.53 Å². The van der Waals surface area contributed by atoms with Gasteiger partial charge in [0.05, 0.1) is 13.0 Å². The van der Waals surface area contributed by atoms with E-state index in [0.29, 0.717) is 0 Å². The molecule has 1 fully saturated rings. The third-order valence-corrected chi connectivity index (χ3v) is 3.31. The fourth-order valence-electron chi connectivity index (χ4n) is 1.10. The van der Waals surface area contributed by atoms with Crippen molar-refractivity contribution < 1.29 is 9.53 Å². The Morgan fingerprint density at radius 3 is 2.29 bits per heavy atom. The highest BCUT2D eigenvalue weighted by molar-refractivity contribution is 6.68. The summed E-state index contributed by atoms with van der Waals surface area (Å²) in [6.07, 6.45) is -0.0868. The largest absolute Gasteiger partial charge is 0.355 e. The van der Waals surface area contributed by atoms with Crippen LogP contribution >= 0.6 is 34.8 Å². The van der Waals surface area contributed by atoms with Gasteiger partial charge in [0.25, 0.3) is 0 Å². The monoisotopic (exact) mass is 259 g/mol. The molecule has 0 bridgehead atoms. The van der Waals surface area contributed by atoms with E-state index in [2.05, 4.69) is 0 Å². The molecule has 1 aliphatic rings. The van der Waals surface area contributed by atoms with Gasteiger partial charge in [0, 0.05) is 5.41 Å². The lowest BCUT2D eigenvalue weighted by Gasteiger charge is -2.43. The van der Waals surface area contributed by atoms with Gasteiger partial charge in [-0.25, -0.2) is 0 Å². The third-order valence-electron chi connectivity index (χ3n) is 2.35. The van der Waals surface area contributed by atoms with Crippen LogP contribution < -0.4 is 5.73 Å². The van der Waals surface area contributed by atoms with Gasteiger partial charge in [0.2, 0.25) is 3.79 Å². The van der Waals surface area contributed by atoms with Crippen LogP contribution in [0, 0.1) is 5.41 Å². The molecule has 1 atom stereocenters. The fraction of sp³-hybridized carbons (Fsp3) is 0.875. The Morgan fingerprint density at radius 2 is 1.93 bits per heavy atom. The number of Topliss-reactive ketones (excluding diaryl/α,β-unsaturated/α-hetero) is 1. The first-order chi connectivity index (χ1) is 6.08. The lowest BCUT2D eigenvalue weighted by molar-refractivity contribution is -0.158. The Balaban J connectivity index is 2.87. The summed E-state index contributed by atoms with van der Waals surface area (Å²) in [4.78, 5) is 11.6. The number of carbonyl (C=O) groups is 1. The molecular formula is C8H12Cl3NO2. The van der Waals surface area contributed by atoms with Gasteiger partial charge in [-0.05, 0) is 0 Å². The van der Waals surface area contributed by atoms with Gasteiger partial charge in [-0.3, -0.25) is 10.5 Å². The van der Waals surface area contributed by atoms with E-state index in [1.165, 1.54) is 0 Å². The standard InChI is InChI=1S/C8H12Cl3NO2/c1-6(2)4-14-7(12,3-5(6)13)8(9,10)11/h3-4,12H2,1-2H3. The van der Waals surface area contributed by atoms with Gasteiger partial charge in [-0.15, -0.1) is 0 Å². The lowest BCUT2D eigenvalue weighted by atomic mass is 9.82. The fourth-order valence-corrected chi connectivity index (χ4v) is 1.46. The summed E-state index contributed by atoms with van der Waals surface area (Å²) in [6.45, 7) is 3.71. The highest BCUT2D eigenvalue weighted by Gasteiger charge is 2.53. The Morgan fingerprint density at radius 1 is 1.43 bits per heavy atom. The van der Waals surface area contributed by atoms with E-state index in [1.807, 2.05) is 0 Å². The van der Waals surface area contributed by atoms with Crippen molar-refractivity contribution in [2.75, 3.05) is 6.61 Å². The van der Waals surface area contributed by atoms with Crippen molar-refractivity contribution in [1.82, 2.24) is 0 Å². The summed E-state index contributed by atoms with van der Waals surface area (Å²) in [5.74, 6) is -0.0578. The average molecular weight is 261 g/mol. The topological polar surface area (TPSA) is 52.3 Å². The van der Waals surface area contributed by atoms with Gasteiger partial charge in [0.15, 0.2) is 5.72 Å². The molecule has 1 rings (SSSR count). The predicted octanol–water partition coefficient (Wildman–Crippen LogP) is 2.03. The van der Waals surface area contributed by atoms with Crippen molar-refractivity contribution in [3.8, 4) is 0 Å². The molecule has 0 aliphatic carbocycles. The molecule has 0 aromatic heterocycles. The predicted molar refractivity (Wildman–Crippen MR) is 56.6 cm³/mol. The number of nitrogens with two attached hydrogens (primary N) is 1. The van der Waals surface area contributed by atoms with Gasteiger partial charge in [-0.2, -0.15) is 0 Å². The van der Waals surface area contributed by atoms with Crippen LogP contribution in [0.5, 0.6) is 0 Å². The molecular weight excluding hydrogens is 248 g/mol. The molecule has 0 radical (unpaired) electrons. The van der Waals surface area contributed by atoms with Gasteiger partial charge < -0.3 is 4.74 Å². The number of hydrogen-bond donors (Lipinski definition) is 1. The zero-order valence-electron chi connectivity index (χ0n) is 7.94. The van der Waals surface area contributed by atoms with E-state index in [1.54, 1.807) is 13.8 Å². The maximum absolute atomic E-state index is 11.6. The summed E-state index contributed by atoms with van der Waals surface area (Å²) in [5.41, 5.74) is 3.64. The van der Waals surface area contributed by atoms with Crippen LogP contribution in [0.1, 0.15) is 20.3 Å². The van der Waals surface area contributed by atoms with Crippen molar-refractivity contribution >= 4 is 40.6 Å². The van der Waals surface area contributed by atoms with Crippen LogP contribution in [0.15, 0.2) is 0 Å². The molecule has 0 spiro atoms. The maximum atomic E-state index is 11.6. The van der Waals surface area contributed by atoms with E-state index in [-0.39, 0.29) is 18.8 Å². The Kier molecular flexibility index (Phi) is 3.13. The van der Waals surface area contributed by atoms with Crippen molar-refractivity contribution in [3.05, 3.63) is 0 Å². The number of carbonyl (C=O) groups excluding carboxylic acids is 1. The quantitative estimate of drug-likeness (QED) is 0.678. The molecule has 1 unspecified atom stereocenters. The smallest absolute Gasteiger partial charge is 0.232 e. The van der Waals surface area contributed by atoms with Crippen LogP contribution in [0.4, 0.5) is 0 Å². The minimum absolute atomic E-state index is 0.0578. The molecule has 2 N–H and O–H groups in total. The summed E-state index contributed by atoms with van der Waals surface area (Å²) >= 11 is 16.9. The number of rotatable bonds is 0. The minimum Gasteiger partial charge on any atom is -0.355 e. The van der Waals surface area contributed by atoms with Crippen LogP contribution in [0.2, 0.25) is 0 Å². The molecule has 1 aliphatic heterocycles. The SMILES string of the molecule is CC1(C)COC(N)(C(Cl)(Cl)Cl)CC1=O. The second-order valence-corrected chi connectivity index (χ2v) is 6.44. The van der Waals surface area contributed by atoms with E-state index in [9.17, 15) is 4.79 Å². The minimum atomic E-state index is -1.79. The van der Waals surface area contributed by atoms with Crippen LogP contribution in [-0.4, -0.2) is 21.9 Å². The van der Waals surface area contributed by atoms with Crippen molar-refractivity contribution in [3.63, 3.8) is 0 Å². The van der Waals surface area contributed by atoms with Gasteiger partial charge in [-0.1, -0.05) is 48.7 Å². The first-order valence-corrected chi connectivity index (χ1v) is 5.25. The van der Waals surface area contributed by atoms with Crippen LogP contribution in [0.25, 0.3) is 0 Å². The molecule has 1 saturated heterocycles. The number of alkyl halides is 3. The van der Waals surface area contributed by atoms with E-state index in [4.69, 9.17) is 45.3 Å². The Bertz CT molecular complexity index is 262. The number of ketones is 1. The summed E-state index contributed by atoms with van der Waals surface area (Å²) < 4.78 is 3.48. The zero-order valence-corrected chi connectivity index (χ0v) is 10.2. The second kappa shape index (κ2) is 3.49.